The third-order valence-electron chi connectivity index (χ3n) is 3.73. The Morgan fingerprint density at radius 1 is 1.26 bits per heavy atom. The zero-order valence-electron chi connectivity index (χ0n) is 14.0. The van der Waals surface area contributed by atoms with Crippen molar-refractivity contribution in [1.82, 2.24) is 4.90 Å². The molecule has 0 radical (unpaired) electrons. The molecule has 1 aliphatic heterocycles. The fourth-order valence-electron chi connectivity index (χ4n) is 2.70. The summed E-state index contributed by atoms with van der Waals surface area (Å²) < 4.78 is 11.2. The lowest BCUT2D eigenvalue weighted by Gasteiger charge is -2.30. The van der Waals surface area contributed by atoms with Crippen LogP contribution >= 0.6 is 0 Å². The van der Waals surface area contributed by atoms with E-state index in [1.165, 1.54) is 4.90 Å². The van der Waals surface area contributed by atoms with E-state index in [4.69, 9.17) is 9.47 Å². The van der Waals surface area contributed by atoms with Gasteiger partial charge < -0.3 is 14.3 Å². The van der Waals surface area contributed by atoms with Gasteiger partial charge in [-0.15, -0.1) is 0 Å². The maximum absolute atomic E-state index is 12.4. The molecule has 5 nitrogen and oxygen atoms in total. The Labute approximate surface area is 137 Å². The highest BCUT2D eigenvalue weighted by molar-refractivity contribution is 5.75. The normalized spacial score (nSPS) is 21.3. The van der Waals surface area contributed by atoms with Gasteiger partial charge in [0.1, 0.15) is 11.9 Å². The van der Waals surface area contributed by atoms with Crippen LogP contribution in [-0.4, -0.2) is 41.6 Å². The van der Waals surface area contributed by atoms with Gasteiger partial charge in [0.2, 0.25) is 0 Å². The first-order valence-corrected chi connectivity index (χ1v) is 7.99. The van der Waals surface area contributed by atoms with Gasteiger partial charge in [-0.2, -0.15) is 0 Å². The van der Waals surface area contributed by atoms with Gasteiger partial charge in [0.25, 0.3) is 0 Å². The SMILES string of the molecule is CC(C)(C)OC(=O)N1C(C=O)CC[C@H]1COCc1ccccc1. The highest BCUT2D eigenvalue weighted by Crippen LogP contribution is 2.26. The van der Waals surface area contributed by atoms with Gasteiger partial charge in [0.05, 0.1) is 25.3 Å². The summed E-state index contributed by atoms with van der Waals surface area (Å²) in [6.07, 6.45) is 1.78. The number of carbonyl (C=O) groups is 2. The standard InChI is InChI=1S/C18H25NO4/c1-18(2,3)23-17(21)19-15(11-20)9-10-16(19)13-22-12-14-7-5-4-6-8-14/h4-8,11,15-16H,9-10,12-13H2,1-3H3/t15?,16-/m0/s1. The molecule has 1 amide bonds. The van der Waals surface area contributed by atoms with E-state index in [0.717, 1.165) is 18.3 Å². The van der Waals surface area contributed by atoms with Crippen molar-refractivity contribution in [2.24, 2.45) is 0 Å². The number of aldehydes is 1. The summed E-state index contributed by atoms with van der Waals surface area (Å²) in [7, 11) is 0. The average molecular weight is 319 g/mol. The number of rotatable bonds is 5. The lowest BCUT2D eigenvalue weighted by molar-refractivity contribution is -0.112. The minimum absolute atomic E-state index is 0.122. The second kappa shape index (κ2) is 7.59. The van der Waals surface area contributed by atoms with Crippen molar-refractivity contribution in [2.45, 2.75) is 57.9 Å². The minimum atomic E-state index is -0.581. The van der Waals surface area contributed by atoms with Crippen LogP contribution in [0.4, 0.5) is 4.79 Å². The molecule has 0 spiro atoms. The smallest absolute Gasteiger partial charge is 0.411 e. The molecule has 0 bridgehead atoms. The van der Waals surface area contributed by atoms with Crippen LogP contribution in [-0.2, 0) is 20.9 Å². The number of hydrogen-bond donors (Lipinski definition) is 0. The van der Waals surface area contributed by atoms with Crippen molar-refractivity contribution in [1.29, 1.82) is 0 Å². The first-order valence-electron chi connectivity index (χ1n) is 7.99. The van der Waals surface area contributed by atoms with Gasteiger partial charge in [-0.1, -0.05) is 30.3 Å². The van der Waals surface area contributed by atoms with Gasteiger partial charge in [0, 0.05) is 0 Å². The van der Waals surface area contributed by atoms with E-state index in [2.05, 4.69) is 0 Å². The molecule has 0 aliphatic carbocycles. The maximum Gasteiger partial charge on any atom is 0.411 e. The van der Waals surface area contributed by atoms with Crippen molar-refractivity contribution >= 4 is 12.4 Å². The molecule has 0 aromatic heterocycles. The Morgan fingerprint density at radius 3 is 2.57 bits per heavy atom. The molecule has 23 heavy (non-hydrogen) atoms. The number of benzene rings is 1. The van der Waals surface area contributed by atoms with Crippen LogP contribution in [0.2, 0.25) is 0 Å². The molecule has 5 heteroatoms. The molecule has 0 saturated carbocycles. The number of nitrogens with zero attached hydrogens (tertiary/aromatic N) is 1. The highest BCUT2D eigenvalue weighted by Gasteiger charge is 2.39. The molecule has 1 aromatic rings. The Bertz CT molecular complexity index is 524. The number of likely N-dealkylation sites (tertiary alicyclic amines) is 1. The molecule has 1 saturated heterocycles. The summed E-state index contributed by atoms with van der Waals surface area (Å²) in [5, 5.41) is 0. The summed E-state index contributed by atoms with van der Waals surface area (Å²) in [6, 6.07) is 9.33. The molecule has 1 heterocycles. The molecule has 1 fully saturated rings. The van der Waals surface area contributed by atoms with E-state index < -0.39 is 17.7 Å². The number of hydrogen-bond acceptors (Lipinski definition) is 4. The van der Waals surface area contributed by atoms with Crippen LogP contribution in [0.3, 0.4) is 0 Å². The lowest BCUT2D eigenvalue weighted by Crippen LogP contribution is -2.46. The van der Waals surface area contributed by atoms with Gasteiger partial charge in [-0.3, -0.25) is 4.90 Å². The molecule has 0 N–H and O–H groups in total. The summed E-state index contributed by atoms with van der Waals surface area (Å²) in [5.74, 6) is 0. The highest BCUT2D eigenvalue weighted by atomic mass is 16.6. The van der Waals surface area contributed by atoms with Crippen molar-refractivity contribution in [3.05, 3.63) is 35.9 Å². The van der Waals surface area contributed by atoms with Crippen molar-refractivity contribution in [3.63, 3.8) is 0 Å². The van der Waals surface area contributed by atoms with Crippen LogP contribution in [0.25, 0.3) is 0 Å². The maximum atomic E-state index is 12.4. The second-order valence-corrected chi connectivity index (χ2v) is 6.82. The van der Waals surface area contributed by atoms with Crippen molar-refractivity contribution in [3.8, 4) is 0 Å². The van der Waals surface area contributed by atoms with Crippen LogP contribution < -0.4 is 0 Å². The minimum Gasteiger partial charge on any atom is -0.444 e. The summed E-state index contributed by atoms with van der Waals surface area (Å²) in [6.45, 7) is 6.34. The van der Waals surface area contributed by atoms with E-state index >= 15 is 0 Å². The van der Waals surface area contributed by atoms with E-state index in [9.17, 15) is 9.59 Å². The quantitative estimate of drug-likeness (QED) is 0.782. The van der Waals surface area contributed by atoms with Gasteiger partial charge >= 0.3 is 6.09 Å². The van der Waals surface area contributed by atoms with E-state index in [-0.39, 0.29) is 6.04 Å². The van der Waals surface area contributed by atoms with Gasteiger partial charge in [-0.05, 0) is 39.2 Å². The molecule has 1 unspecified atom stereocenters. The molecule has 126 valence electrons. The fraction of sp³-hybridized carbons (Fsp3) is 0.556. The first-order chi connectivity index (χ1) is 10.9. The average Bonchev–Trinajstić information content (AvgIpc) is 2.90. The van der Waals surface area contributed by atoms with Crippen LogP contribution in [0, 0.1) is 0 Å². The topological polar surface area (TPSA) is 55.8 Å². The largest absolute Gasteiger partial charge is 0.444 e. The molecular formula is C18H25NO4. The number of amides is 1. The molecule has 1 aromatic carbocycles. The van der Waals surface area contributed by atoms with E-state index in [1.807, 2.05) is 51.1 Å². The Kier molecular flexibility index (Phi) is 5.77. The monoisotopic (exact) mass is 319 g/mol. The van der Waals surface area contributed by atoms with Crippen LogP contribution in [0.5, 0.6) is 0 Å². The molecule has 2 atom stereocenters. The third-order valence-corrected chi connectivity index (χ3v) is 3.73. The van der Waals surface area contributed by atoms with E-state index in [0.29, 0.717) is 19.6 Å². The Morgan fingerprint density at radius 2 is 1.96 bits per heavy atom. The molecule has 2 rings (SSSR count). The van der Waals surface area contributed by atoms with Crippen molar-refractivity contribution < 1.29 is 19.1 Å². The second-order valence-electron chi connectivity index (χ2n) is 6.82. The van der Waals surface area contributed by atoms with Crippen LogP contribution in [0.15, 0.2) is 30.3 Å². The molecule has 1 aliphatic rings. The predicted octanol–water partition coefficient (Wildman–Crippen LogP) is 3.17. The Balaban J connectivity index is 1.93. The van der Waals surface area contributed by atoms with Crippen LogP contribution in [0.1, 0.15) is 39.2 Å². The van der Waals surface area contributed by atoms with Crippen molar-refractivity contribution in [2.75, 3.05) is 6.61 Å². The zero-order chi connectivity index (χ0) is 16.9. The van der Waals surface area contributed by atoms with Gasteiger partial charge in [0.15, 0.2) is 0 Å². The van der Waals surface area contributed by atoms with E-state index in [1.54, 1.807) is 0 Å². The summed E-state index contributed by atoms with van der Waals surface area (Å²) in [5.41, 5.74) is 0.504. The van der Waals surface area contributed by atoms with Gasteiger partial charge in [-0.25, -0.2) is 4.79 Å². The number of carbonyl (C=O) groups excluding carboxylic acids is 2. The third kappa shape index (κ3) is 5.06. The Hall–Kier alpha value is -1.88. The number of ether oxygens (including phenoxy) is 2. The zero-order valence-corrected chi connectivity index (χ0v) is 14.0. The summed E-state index contributed by atoms with van der Waals surface area (Å²) >= 11 is 0. The lowest BCUT2D eigenvalue weighted by atomic mass is 10.2. The first kappa shape index (κ1) is 17.5. The fourth-order valence-corrected chi connectivity index (χ4v) is 2.70. The molecular weight excluding hydrogens is 294 g/mol. The predicted molar refractivity (Wildman–Crippen MR) is 87.0 cm³/mol. The summed E-state index contributed by atoms with van der Waals surface area (Å²) in [4.78, 5) is 25.1.